The number of hydrogen-bond acceptors (Lipinski definition) is 10. The van der Waals surface area contributed by atoms with Crippen LogP contribution in [0.15, 0.2) is 72.8 Å². The highest BCUT2D eigenvalue weighted by Gasteiger charge is 2.32. The summed E-state index contributed by atoms with van der Waals surface area (Å²) >= 11 is 0. The molecular weight excluding hydrogens is 520 g/mol. The molecular formula is C30H24O10. The standard InChI is InChI=1S/2C15H12O5/c2*16-9-3-1-8(2-4-9)13-7-12(19)15-11(18)5-10(17)6-14(15)20-13/h2*1-6,13,16-18H,7H2/t2*13-/m00/s1. The van der Waals surface area contributed by atoms with Crippen molar-refractivity contribution in [2.75, 3.05) is 0 Å². The molecule has 0 aliphatic carbocycles. The first kappa shape index (κ1) is 26.2. The molecule has 204 valence electrons. The average molecular weight is 545 g/mol. The number of phenolic OH excluding ortho intramolecular Hbond substituents is 6. The Balaban J connectivity index is 0.000000161. The second-order valence-corrected chi connectivity index (χ2v) is 9.33. The van der Waals surface area contributed by atoms with Crippen LogP contribution in [0.25, 0.3) is 0 Å². The van der Waals surface area contributed by atoms with E-state index in [1.54, 1.807) is 24.3 Å². The highest BCUT2D eigenvalue weighted by atomic mass is 16.5. The molecule has 6 N–H and O–H groups in total. The van der Waals surface area contributed by atoms with Gasteiger partial charge in [-0.15, -0.1) is 0 Å². The SMILES string of the molecule is O=C1C[C@@H](c2ccc(O)cc2)Oc2cc(O)cc(O)c21.O=C1C[C@@H](c2ccc(O)cc2)Oc2cc(O)cc(O)c21. The van der Waals surface area contributed by atoms with Crippen LogP contribution in [0.4, 0.5) is 0 Å². The molecule has 10 nitrogen and oxygen atoms in total. The van der Waals surface area contributed by atoms with Crippen LogP contribution in [0, 0.1) is 0 Å². The number of aromatic hydroxyl groups is 6. The lowest BCUT2D eigenvalue weighted by Gasteiger charge is -2.26. The van der Waals surface area contributed by atoms with Crippen LogP contribution >= 0.6 is 0 Å². The lowest BCUT2D eigenvalue weighted by molar-refractivity contribution is 0.0834. The van der Waals surface area contributed by atoms with Crippen LogP contribution in [0.1, 0.15) is 56.9 Å². The minimum atomic E-state index is -0.503. The molecule has 4 aromatic rings. The fourth-order valence-electron chi connectivity index (χ4n) is 4.60. The van der Waals surface area contributed by atoms with Crippen LogP contribution in [0.5, 0.6) is 46.0 Å². The highest BCUT2D eigenvalue weighted by molar-refractivity contribution is 6.03. The monoisotopic (exact) mass is 544 g/mol. The molecule has 2 atom stereocenters. The van der Waals surface area contributed by atoms with Gasteiger partial charge in [0.1, 0.15) is 69.3 Å². The van der Waals surface area contributed by atoms with Gasteiger partial charge in [-0.2, -0.15) is 0 Å². The lowest BCUT2D eigenvalue weighted by atomic mass is 9.95. The van der Waals surface area contributed by atoms with E-state index < -0.39 is 12.2 Å². The fraction of sp³-hybridized carbons (Fsp3) is 0.133. The number of Topliss-reactive ketones (excluding diaryl/α,β-unsaturated/α-hetero) is 2. The summed E-state index contributed by atoms with van der Waals surface area (Å²) in [4.78, 5) is 24.2. The Morgan fingerprint density at radius 2 is 0.850 bits per heavy atom. The van der Waals surface area contributed by atoms with Gasteiger partial charge in [0.25, 0.3) is 0 Å². The second kappa shape index (κ2) is 10.4. The topological polar surface area (TPSA) is 174 Å². The summed E-state index contributed by atoms with van der Waals surface area (Å²) in [6.07, 6.45) is -0.819. The summed E-state index contributed by atoms with van der Waals surface area (Å²) in [6.45, 7) is 0. The van der Waals surface area contributed by atoms with Gasteiger partial charge in [-0.3, -0.25) is 9.59 Å². The number of ether oxygens (including phenoxy) is 2. The van der Waals surface area contributed by atoms with E-state index in [4.69, 9.17) is 9.47 Å². The van der Waals surface area contributed by atoms with E-state index in [1.165, 1.54) is 36.4 Å². The summed E-state index contributed by atoms with van der Waals surface area (Å²) in [5.74, 6) is -0.806. The largest absolute Gasteiger partial charge is 0.508 e. The third-order valence-electron chi connectivity index (χ3n) is 6.50. The first-order valence-electron chi connectivity index (χ1n) is 12.2. The van der Waals surface area contributed by atoms with Gasteiger partial charge in [-0.25, -0.2) is 0 Å². The lowest BCUT2D eigenvalue weighted by Crippen LogP contribution is -2.20. The van der Waals surface area contributed by atoms with Gasteiger partial charge in [0, 0.05) is 24.3 Å². The van der Waals surface area contributed by atoms with Crippen molar-refractivity contribution in [1.82, 2.24) is 0 Å². The quantitative estimate of drug-likeness (QED) is 0.201. The molecule has 6 rings (SSSR count). The third kappa shape index (κ3) is 5.28. The fourth-order valence-corrected chi connectivity index (χ4v) is 4.60. The molecule has 0 amide bonds. The molecule has 0 fully saturated rings. The molecule has 0 unspecified atom stereocenters. The van der Waals surface area contributed by atoms with Crippen molar-refractivity contribution < 1.29 is 49.7 Å². The number of fused-ring (bicyclic) bond motifs is 2. The zero-order valence-corrected chi connectivity index (χ0v) is 20.8. The molecule has 4 aromatic carbocycles. The Hall–Kier alpha value is -5.38. The zero-order chi connectivity index (χ0) is 28.6. The Kier molecular flexibility index (Phi) is 6.83. The first-order chi connectivity index (χ1) is 19.1. The Morgan fingerprint density at radius 1 is 0.500 bits per heavy atom. The van der Waals surface area contributed by atoms with Crippen LogP contribution in [-0.2, 0) is 0 Å². The number of phenols is 6. The summed E-state index contributed by atoms with van der Waals surface area (Å²) in [6, 6.07) is 17.6. The molecule has 0 aromatic heterocycles. The van der Waals surface area contributed by atoms with Gasteiger partial charge in [-0.1, -0.05) is 24.3 Å². The van der Waals surface area contributed by atoms with Crippen LogP contribution in [-0.4, -0.2) is 42.2 Å². The molecule has 0 bridgehead atoms. The minimum Gasteiger partial charge on any atom is -0.508 e. The van der Waals surface area contributed by atoms with E-state index >= 15 is 0 Å². The Bertz CT molecular complexity index is 1470. The number of carbonyl (C=O) groups is 2. The van der Waals surface area contributed by atoms with E-state index in [2.05, 4.69) is 0 Å². The summed E-state index contributed by atoms with van der Waals surface area (Å²) in [7, 11) is 0. The number of ketones is 2. The maximum Gasteiger partial charge on any atom is 0.174 e. The van der Waals surface area contributed by atoms with Crippen LogP contribution in [0.2, 0.25) is 0 Å². The van der Waals surface area contributed by atoms with E-state index in [-0.39, 0.29) is 81.5 Å². The highest BCUT2D eigenvalue weighted by Crippen LogP contribution is 2.43. The van der Waals surface area contributed by atoms with Gasteiger partial charge in [0.2, 0.25) is 0 Å². The van der Waals surface area contributed by atoms with Crippen molar-refractivity contribution >= 4 is 11.6 Å². The third-order valence-corrected chi connectivity index (χ3v) is 6.50. The van der Waals surface area contributed by atoms with Crippen molar-refractivity contribution in [3.8, 4) is 46.0 Å². The van der Waals surface area contributed by atoms with Crippen molar-refractivity contribution in [3.05, 3.63) is 95.1 Å². The molecule has 40 heavy (non-hydrogen) atoms. The molecule has 2 heterocycles. The molecule has 10 heteroatoms. The predicted octanol–water partition coefficient (Wildman–Crippen LogP) is 5.02. The van der Waals surface area contributed by atoms with Gasteiger partial charge in [0.05, 0.1) is 12.8 Å². The smallest absolute Gasteiger partial charge is 0.174 e. The van der Waals surface area contributed by atoms with Gasteiger partial charge >= 0.3 is 0 Å². The molecule has 0 saturated carbocycles. The number of rotatable bonds is 2. The molecule has 0 radical (unpaired) electrons. The zero-order valence-electron chi connectivity index (χ0n) is 20.8. The molecule has 0 spiro atoms. The van der Waals surface area contributed by atoms with E-state index in [0.717, 1.165) is 23.3 Å². The molecule has 0 saturated heterocycles. The Labute approximate surface area is 227 Å². The van der Waals surface area contributed by atoms with E-state index in [9.17, 15) is 40.2 Å². The molecule has 2 aliphatic heterocycles. The Morgan fingerprint density at radius 3 is 1.20 bits per heavy atom. The number of carbonyl (C=O) groups excluding carboxylic acids is 2. The normalized spacial score (nSPS) is 17.4. The number of hydrogen-bond donors (Lipinski definition) is 6. The predicted molar refractivity (Wildman–Crippen MR) is 140 cm³/mol. The van der Waals surface area contributed by atoms with Crippen molar-refractivity contribution in [2.45, 2.75) is 25.0 Å². The van der Waals surface area contributed by atoms with E-state index in [1.807, 2.05) is 0 Å². The maximum absolute atomic E-state index is 12.1. The van der Waals surface area contributed by atoms with Crippen molar-refractivity contribution in [3.63, 3.8) is 0 Å². The van der Waals surface area contributed by atoms with Gasteiger partial charge in [0.15, 0.2) is 11.6 Å². The first-order valence-corrected chi connectivity index (χ1v) is 12.2. The number of benzene rings is 4. The van der Waals surface area contributed by atoms with Gasteiger partial charge in [-0.05, 0) is 35.4 Å². The summed E-state index contributed by atoms with van der Waals surface area (Å²) < 4.78 is 11.3. The molecule has 2 aliphatic rings. The summed E-state index contributed by atoms with van der Waals surface area (Å²) in [5, 5.41) is 56.9. The van der Waals surface area contributed by atoms with Crippen LogP contribution < -0.4 is 9.47 Å². The van der Waals surface area contributed by atoms with Gasteiger partial charge < -0.3 is 40.1 Å². The average Bonchev–Trinajstić information content (AvgIpc) is 2.88. The van der Waals surface area contributed by atoms with Crippen LogP contribution in [0.3, 0.4) is 0 Å². The van der Waals surface area contributed by atoms with E-state index in [0.29, 0.717) is 0 Å². The summed E-state index contributed by atoms with van der Waals surface area (Å²) in [5.41, 5.74) is 1.67. The maximum atomic E-state index is 12.1. The minimum absolute atomic E-state index is 0.0934. The van der Waals surface area contributed by atoms with Crippen molar-refractivity contribution in [1.29, 1.82) is 0 Å². The second-order valence-electron chi connectivity index (χ2n) is 9.33. The van der Waals surface area contributed by atoms with Crippen molar-refractivity contribution in [2.24, 2.45) is 0 Å².